The molecule has 0 amide bonds. The van der Waals surface area contributed by atoms with E-state index in [1.54, 1.807) is 17.7 Å². The van der Waals surface area contributed by atoms with Gasteiger partial charge in [0.1, 0.15) is 6.33 Å². The summed E-state index contributed by atoms with van der Waals surface area (Å²) in [6.07, 6.45) is 1.61. The summed E-state index contributed by atoms with van der Waals surface area (Å²) >= 11 is 1.71. The van der Waals surface area contributed by atoms with Crippen molar-refractivity contribution in [1.29, 1.82) is 0 Å². The second-order valence-corrected chi connectivity index (χ2v) is 5.96. The van der Waals surface area contributed by atoms with Crippen LogP contribution in [0, 0.1) is 0 Å². The van der Waals surface area contributed by atoms with Gasteiger partial charge < -0.3 is 5.32 Å². The topological polar surface area (TPSA) is 37.8 Å². The van der Waals surface area contributed by atoms with Gasteiger partial charge in [-0.15, -0.1) is 11.3 Å². The van der Waals surface area contributed by atoms with E-state index in [9.17, 15) is 0 Å². The molecule has 4 aromatic rings. The zero-order chi connectivity index (χ0) is 14.8. The molecule has 1 N–H and O–H groups in total. The largest absolute Gasteiger partial charge is 0.339 e. The normalized spacial score (nSPS) is 10.7. The third kappa shape index (κ3) is 2.44. The molecule has 3 nitrogen and oxygen atoms in total. The van der Waals surface area contributed by atoms with Gasteiger partial charge in [-0.2, -0.15) is 0 Å². The molecule has 22 heavy (non-hydrogen) atoms. The third-order valence-corrected chi connectivity index (χ3v) is 4.59. The van der Waals surface area contributed by atoms with Crippen molar-refractivity contribution in [3.05, 3.63) is 73.1 Å². The van der Waals surface area contributed by atoms with Crippen LogP contribution < -0.4 is 5.32 Å². The molecule has 0 aliphatic rings. The van der Waals surface area contributed by atoms with Crippen molar-refractivity contribution in [2.75, 3.05) is 5.32 Å². The molecular weight excluding hydrogens is 290 g/mol. The van der Waals surface area contributed by atoms with Crippen LogP contribution in [0.3, 0.4) is 0 Å². The highest BCUT2D eigenvalue weighted by Gasteiger charge is 2.10. The molecule has 0 spiro atoms. The minimum atomic E-state index is 0.850. The summed E-state index contributed by atoms with van der Waals surface area (Å²) in [6.45, 7) is 0. The van der Waals surface area contributed by atoms with E-state index in [1.807, 2.05) is 36.4 Å². The van der Waals surface area contributed by atoms with E-state index in [2.05, 4.69) is 45.6 Å². The Labute approximate surface area is 132 Å². The molecule has 2 aromatic carbocycles. The van der Waals surface area contributed by atoms with Crippen LogP contribution in [0.2, 0.25) is 0 Å². The number of thiophene rings is 1. The number of anilines is 2. The Bertz CT molecular complexity index is 901. The number of hydrogen-bond acceptors (Lipinski definition) is 4. The molecule has 2 heterocycles. The van der Waals surface area contributed by atoms with E-state index in [0.717, 1.165) is 21.7 Å². The van der Waals surface area contributed by atoms with Gasteiger partial charge in [0, 0.05) is 10.6 Å². The summed E-state index contributed by atoms with van der Waals surface area (Å²) in [5.41, 5.74) is 3.20. The zero-order valence-corrected chi connectivity index (χ0v) is 12.5. The van der Waals surface area contributed by atoms with Gasteiger partial charge in [-0.1, -0.05) is 48.5 Å². The molecule has 0 aliphatic heterocycles. The van der Waals surface area contributed by atoms with Crippen molar-refractivity contribution in [3.63, 3.8) is 0 Å². The van der Waals surface area contributed by atoms with E-state index in [1.165, 1.54) is 10.4 Å². The highest BCUT2D eigenvalue weighted by molar-refractivity contribution is 7.22. The fourth-order valence-corrected chi connectivity index (χ4v) is 3.41. The highest BCUT2D eigenvalue weighted by atomic mass is 32.1. The number of rotatable bonds is 3. The smallest absolute Gasteiger partial charge is 0.151 e. The van der Waals surface area contributed by atoms with E-state index >= 15 is 0 Å². The van der Waals surface area contributed by atoms with Crippen LogP contribution in [0.25, 0.3) is 20.7 Å². The Balaban J connectivity index is 1.78. The first-order valence-corrected chi connectivity index (χ1v) is 7.84. The van der Waals surface area contributed by atoms with Gasteiger partial charge in [0.25, 0.3) is 0 Å². The molecule has 4 heteroatoms. The van der Waals surface area contributed by atoms with Gasteiger partial charge in [0.15, 0.2) is 5.82 Å². The Hall–Kier alpha value is -2.72. The average Bonchev–Trinajstić information content (AvgIpc) is 3.02. The average molecular weight is 303 g/mol. The lowest BCUT2D eigenvalue weighted by atomic mass is 10.2. The Morgan fingerprint density at radius 2 is 1.55 bits per heavy atom. The molecule has 4 rings (SSSR count). The van der Waals surface area contributed by atoms with Crippen molar-refractivity contribution in [2.45, 2.75) is 0 Å². The lowest BCUT2D eigenvalue weighted by Gasteiger charge is -2.05. The zero-order valence-electron chi connectivity index (χ0n) is 11.7. The Morgan fingerprint density at radius 1 is 0.818 bits per heavy atom. The molecule has 106 valence electrons. The SMILES string of the molecule is c1ccc(Nc2ncnc3cc(-c4ccccc4)sc23)cc1. The van der Waals surface area contributed by atoms with Crippen LogP contribution in [-0.2, 0) is 0 Å². The molecule has 0 aliphatic carbocycles. The monoisotopic (exact) mass is 303 g/mol. The summed E-state index contributed by atoms with van der Waals surface area (Å²) in [7, 11) is 0. The summed E-state index contributed by atoms with van der Waals surface area (Å²) in [6, 6.07) is 22.5. The van der Waals surface area contributed by atoms with Crippen LogP contribution in [-0.4, -0.2) is 9.97 Å². The number of nitrogens with one attached hydrogen (secondary N) is 1. The second kappa shape index (κ2) is 5.58. The van der Waals surface area contributed by atoms with Crippen LogP contribution in [0.4, 0.5) is 11.5 Å². The molecular formula is C18H13N3S. The van der Waals surface area contributed by atoms with E-state index in [4.69, 9.17) is 0 Å². The number of aromatic nitrogens is 2. The maximum absolute atomic E-state index is 4.40. The number of fused-ring (bicyclic) bond motifs is 1. The highest BCUT2D eigenvalue weighted by Crippen LogP contribution is 2.36. The van der Waals surface area contributed by atoms with Crippen molar-refractivity contribution < 1.29 is 0 Å². The van der Waals surface area contributed by atoms with Crippen LogP contribution in [0.1, 0.15) is 0 Å². The first-order valence-electron chi connectivity index (χ1n) is 7.02. The molecule has 2 aromatic heterocycles. The molecule has 0 saturated heterocycles. The second-order valence-electron chi connectivity index (χ2n) is 4.90. The van der Waals surface area contributed by atoms with Crippen LogP contribution in [0.15, 0.2) is 73.1 Å². The maximum Gasteiger partial charge on any atom is 0.151 e. The summed E-state index contributed by atoms with van der Waals surface area (Å²) in [5.74, 6) is 0.850. The van der Waals surface area contributed by atoms with Gasteiger partial charge in [-0.3, -0.25) is 0 Å². The molecule has 0 atom stereocenters. The van der Waals surface area contributed by atoms with E-state index < -0.39 is 0 Å². The van der Waals surface area contributed by atoms with E-state index in [0.29, 0.717) is 0 Å². The standard InChI is InChI=1S/C18H13N3S/c1-3-7-13(8-4-1)16-11-15-17(22-16)18(20-12-19-15)21-14-9-5-2-6-10-14/h1-12H,(H,19,20,21). The number of hydrogen-bond donors (Lipinski definition) is 1. The molecule has 0 unspecified atom stereocenters. The molecule has 0 saturated carbocycles. The Morgan fingerprint density at radius 3 is 2.32 bits per heavy atom. The van der Waals surface area contributed by atoms with E-state index in [-0.39, 0.29) is 0 Å². The van der Waals surface area contributed by atoms with Gasteiger partial charge >= 0.3 is 0 Å². The summed E-state index contributed by atoms with van der Waals surface area (Å²) in [5, 5.41) is 3.37. The predicted molar refractivity (Wildman–Crippen MR) is 92.6 cm³/mol. The van der Waals surface area contributed by atoms with Crippen molar-refractivity contribution in [2.24, 2.45) is 0 Å². The fourth-order valence-electron chi connectivity index (χ4n) is 2.35. The predicted octanol–water partition coefficient (Wildman–Crippen LogP) is 5.10. The van der Waals surface area contributed by atoms with Crippen molar-refractivity contribution in [3.8, 4) is 10.4 Å². The molecule has 0 radical (unpaired) electrons. The first kappa shape index (κ1) is 13.0. The van der Waals surface area contributed by atoms with Crippen LogP contribution >= 0.6 is 11.3 Å². The van der Waals surface area contributed by atoms with Gasteiger partial charge in [-0.05, 0) is 23.8 Å². The Kier molecular flexibility index (Phi) is 3.29. The lowest BCUT2D eigenvalue weighted by Crippen LogP contribution is -1.93. The number of nitrogens with zero attached hydrogens (tertiary/aromatic N) is 2. The number of benzene rings is 2. The summed E-state index contributed by atoms with van der Waals surface area (Å²) in [4.78, 5) is 9.99. The fraction of sp³-hybridized carbons (Fsp3) is 0. The summed E-state index contributed by atoms with van der Waals surface area (Å²) < 4.78 is 1.07. The van der Waals surface area contributed by atoms with Crippen LogP contribution in [0.5, 0.6) is 0 Å². The first-order chi connectivity index (χ1) is 10.9. The van der Waals surface area contributed by atoms with Gasteiger partial charge in [0.05, 0.1) is 10.2 Å². The quantitative estimate of drug-likeness (QED) is 0.572. The minimum Gasteiger partial charge on any atom is -0.339 e. The maximum atomic E-state index is 4.40. The van der Waals surface area contributed by atoms with Crippen molar-refractivity contribution >= 4 is 33.1 Å². The minimum absolute atomic E-state index is 0.850. The van der Waals surface area contributed by atoms with Crippen molar-refractivity contribution in [1.82, 2.24) is 9.97 Å². The lowest BCUT2D eigenvalue weighted by molar-refractivity contribution is 1.23. The number of para-hydroxylation sites is 1. The molecule has 0 bridgehead atoms. The van der Waals surface area contributed by atoms with Gasteiger partial charge in [-0.25, -0.2) is 9.97 Å². The van der Waals surface area contributed by atoms with Gasteiger partial charge in [0.2, 0.25) is 0 Å². The molecule has 0 fully saturated rings. The third-order valence-electron chi connectivity index (χ3n) is 3.41.